The maximum atomic E-state index is 4.85. The highest BCUT2D eigenvalue weighted by atomic mass is 32.2. The summed E-state index contributed by atoms with van der Waals surface area (Å²) in [6.45, 7) is 4.42. The van der Waals surface area contributed by atoms with Crippen LogP contribution in [-0.2, 0) is 10.6 Å². The van der Waals surface area contributed by atoms with Crippen molar-refractivity contribution in [3.63, 3.8) is 0 Å². The molecule has 78 valence electrons. The number of thioether (sulfide) groups is 1. The van der Waals surface area contributed by atoms with Gasteiger partial charge in [0, 0.05) is 5.75 Å². The van der Waals surface area contributed by atoms with Crippen molar-refractivity contribution in [1.29, 1.82) is 0 Å². The van der Waals surface area contributed by atoms with Gasteiger partial charge in [-0.05, 0) is 22.9 Å². The summed E-state index contributed by atoms with van der Waals surface area (Å²) >= 11 is 1.94. The van der Waals surface area contributed by atoms with E-state index in [0.717, 1.165) is 11.4 Å². The second-order valence-corrected chi connectivity index (χ2v) is 4.93. The van der Waals surface area contributed by atoms with Crippen molar-refractivity contribution in [2.75, 3.05) is 12.6 Å². The SMILES string of the molecule is CONc1cccc(CSC(C)C)c1. The van der Waals surface area contributed by atoms with Crippen LogP contribution < -0.4 is 5.48 Å². The molecule has 1 N–H and O–H groups in total. The molecule has 0 radical (unpaired) electrons. The molecule has 0 saturated heterocycles. The average molecular weight is 211 g/mol. The number of rotatable bonds is 5. The molecule has 0 unspecified atom stereocenters. The first-order valence-corrected chi connectivity index (χ1v) is 5.77. The Hall–Kier alpha value is -0.670. The summed E-state index contributed by atoms with van der Waals surface area (Å²) in [7, 11) is 1.62. The van der Waals surface area contributed by atoms with Gasteiger partial charge in [0.15, 0.2) is 0 Å². The van der Waals surface area contributed by atoms with Gasteiger partial charge in [-0.15, -0.1) is 0 Å². The first-order chi connectivity index (χ1) is 6.72. The van der Waals surface area contributed by atoms with Crippen molar-refractivity contribution >= 4 is 17.4 Å². The Morgan fingerprint density at radius 3 is 2.86 bits per heavy atom. The number of nitrogens with one attached hydrogen (secondary N) is 1. The Morgan fingerprint density at radius 2 is 2.21 bits per heavy atom. The lowest BCUT2D eigenvalue weighted by atomic mass is 10.2. The lowest BCUT2D eigenvalue weighted by molar-refractivity contribution is 0.271. The molecule has 0 spiro atoms. The van der Waals surface area contributed by atoms with Crippen LogP contribution in [0.4, 0.5) is 5.69 Å². The molecule has 0 saturated carbocycles. The molecule has 0 aromatic heterocycles. The smallest absolute Gasteiger partial charge is 0.0636 e. The fourth-order valence-electron chi connectivity index (χ4n) is 1.11. The summed E-state index contributed by atoms with van der Waals surface area (Å²) in [5.41, 5.74) is 5.16. The number of hydrogen-bond acceptors (Lipinski definition) is 3. The number of hydrogen-bond donors (Lipinski definition) is 1. The molecule has 1 aromatic rings. The summed E-state index contributed by atoms with van der Waals surface area (Å²) in [6.07, 6.45) is 0. The standard InChI is InChI=1S/C11H17NOS/c1-9(2)14-8-10-5-4-6-11(7-10)12-13-3/h4-7,9,12H,8H2,1-3H3. The van der Waals surface area contributed by atoms with Gasteiger partial charge in [0.2, 0.25) is 0 Å². The third-order valence-electron chi connectivity index (χ3n) is 1.73. The van der Waals surface area contributed by atoms with E-state index in [9.17, 15) is 0 Å². The van der Waals surface area contributed by atoms with Crippen LogP contribution in [0.15, 0.2) is 24.3 Å². The van der Waals surface area contributed by atoms with Crippen LogP contribution in [0.2, 0.25) is 0 Å². The Morgan fingerprint density at radius 1 is 1.43 bits per heavy atom. The summed E-state index contributed by atoms with van der Waals surface area (Å²) < 4.78 is 0. The largest absolute Gasteiger partial charge is 0.279 e. The molecule has 14 heavy (non-hydrogen) atoms. The van der Waals surface area contributed by atoms with Gasteiger partial charge in [0.1, 0.15) is 0 Å². The predicted molar refractivity (Wildman–Crippen MR) is 63.5 cm³/mol. The van der Waals surface area contributed by atoms with Gasteiger partial charge in [0.05, 0.1) is 12.8 Å². The topological polar surface area (TPSA) is 21.3 Å². The van der Waals surface area contributed by atoms with Crippen molar-refractivity contribution in [2.24, 2.45) is 0 Å². The molecule has 1 aromatic carbocycles. The van der Waals surface area contributed by atoms with E-state index in [1.165, 1.54) is 5.56 Å². The zero-order valence-corrected chi connectivity index (χ0v) is 9.73. The van der Waals surface area contributed by atoms with E-state index >= 15 is 0 Å². The van der Waals surface area contributed by atoms with Crippen molar-refractivity contribution < 1.29 is 4.84 Å². The molecule has 3 heteroatoms. The molecule has 0 bridgehead atoms. The van der Waals surface area contributed by atoms with E-state index in [2.05, 4.69) is 31.5 Å². The second kappa shape index (κ2) is 5.94. The Labute approximate surface area is 90.0 Å². The highest BCUT2D eigenvalue weighted by molar-refractivity contribution is 7.99. The maximum Gasteiger partial charge on any atom is 0.0636 e. The van der Waals surface area contributed by atoms with E-state index in [4.69, 9.17) is 4.84 Å². The monoisotopic (exact) mass is 211 g/mol. The van der Waals surface area contributed by atoms with Gasteiger partial charge in [0.25, 0.3) is 0 Å². The molecular weight excluding hydrogens is 194 g/mol. The molecular formula is C11H17NOS. The lowest BCUT2D eigenvalue weighted by Crippen LogP contribution is -1.96. The van der Waals surface area contributed by atoms with E-state index in [1.54, 1.807) is 7.11 Å². The lowest BCUT2D eigenvalue weighted by Gasteiger charge is -2.07. The van der Waals surface area contributed by atoms with Crippen LogP contribution in [0.5, 0.6) is 0 Å². The molecule has 0 aliphatic heterocycles. The van der Waals surface area contributed by atoms with Crippen LogP contribution in [0, 0.1) is 0 Å². The summed E-state index contributed by atoms with van der Waals surface area (Å²) in [5, 5.41) is 0.675. The number of benzene rings is 1. The van der Waals surface area contributed by atoms with Gasteiger partial charge >= 0.3 is 0 Å². The molecule has 0 fully saturated rings. The zero-order chi connectivity index (χ0) is 10.4. The second-order valence-electron chi connectivity index (χ2n) is 3.37. The van der Waals surface area contributed by atoms with E-state index in [0.29, 0.717) is 5.25 Å². The molecule has 0 heterocycles. The summed E-state index contributed by atoms with van der Waals surface area (Å²) in [5.74, 6) is 1.05. The van der Waals surface area contributed by atoms with Gasteiger partial charge in [-0.3, -0.25) is 10.3 Å². The Balaban J connectivity index is 2.54. The van der Waals surface area contributed by atoms with E-state index in [-0.39, 0.29) is 0 Å². The van der Waals surface area contributed by atoms with Crippen LogP contribution in [0.3, 0.4) is 0 Å². The Kier molecular flexibility index (Phi) is 4.84. The van der Waals surface area contributed by atoms with Gasteiger partial charge in [-0.2, -0.15) is 11.8 Å². The highest BCUT2D eigenvalue weighted by Crippen LogP contribution is 2.19. The summed E-state index contributed by atoms with van der Waals surface area (Å²) in [4.78, 5) is 4.85. The van der Waals surface area contributed by atoms with E-state index in [1.807, 2.05) is 23.9 Å². The zero-order valence-electron chi connectivity index (χ0n) is 8.91. The van der Waals surface area contributed by atoms with Crippen LogP contribution in [-0.4, -0.2) is 12.4 Å². The molecule has 0 aliphatic carbocycles. The van der Waals surface area contributed by atoms with Crippen molar-refractivity contribution in [3.8, 4) is 0 Å². The van der Waals surface area contributed by atoms with Crippen molar-refractivity contribution in [3.05, 3.63) is 29.8 Å². The van der Waals surface area contributed by atoms with Gasteiger partial charge in [-0.1, -0.05) is 26.0 Å². The van der Waals surface area contributed by atoms with Gasteiger partial charge < -0.3 is 0 Å². The third kappa shape index (κ3) is 4.03. The van der Waals surface area contributed by atoms with Crippen molar-refractivity contribution in [1.82, 2.24) is 0 Å². The molecule has 0 atom stereocenters. The first kappa shape index (κ1) is 11.4. The normalized spacial score (nSPS) is 10.6. The summed E-state index contributed by atoms with van der Waals surface area (Å²) in [6, 6.07) is 8.28. The van der Waals surface area contributed by atoms with E-state index < -0.39 is 0 Å². The average Bonchev–Trinajstić information content (AvgIpc) is 2.16. The maximum absolute atomic E-state index is 4.85. The predicted octanol–water partition coefficient (Wildman–Crippen LogP) is 3.30. The minimum atomic E-state index is 0.675. The molecule has 2 nitrogen and oxygen atoms in total. The fraction of sp³-hybridized carbons (Fsp3) is 0.455. The van der Waals surface area contributed by atoms with Crippen LogP contribution >= 0.6 is 11.8 Å². The van der Waals surface area contributed by atoms with Crippen LogP contribution in [0.1, 0.15) is 19.4 Å². The molecule has 0 amide bonds. The van der Waals surface area contributed by atoms with Crippen LogP contribution in [0.25, 0.3) is 0 Å². The number of anilines is 1. The third-order valence-corrected chi connectivity index (χ3v) is 2.90. The van der Waals surface area contributed by atoms with Crippen molar-refractivity contribution in [2.45, 2.75) is 24.9 Å². The molecule has 1 rings (SSSR count). The first-order valence-electron chi connectivity index (χ1n) is 4.72. The highest BCUT2D eigenvalue weighted by Gasteiger charge is 1.98. The quantitative estimate of drug-likeness (QED) is 0.755. The minimum Gasteiger partial charge on any atom is -0.279 e. The Bertz CT molecular complexity index is 276. The fourth-order valence-corrected chi connectivity index (χ4v) is 1.81. The van der Waals surface area contributed by atoms with Gasteiger partial charge in [-0.25, -0.2) is 0 Å². The molecule has 0 aliphatic rings. The minimum absolute atomic E-state index is 0.675.